The second kappa shape index (κ2) is 7.85. The lowest BCUT2D eigenvalue weighted by Gasteiger charge is -2.58. The number of nitrogens with one attached hydrogen (secondary N) is 2. The van der Waals surface area contributed by atoms with Gasteiger partial charge in [0.25, 0.3) is 0 Å². The van der Waals surface area contributed by atoms with E-state index in [0.717, 1.165) is 50.7 Å². The van der Waals surface area contributed by atoms with Crippen molar-refractivity contribution in [2.75, 3.05) is 5.32 Å². The summed E-state index contributed by atoms with van der Waals surface area (Å²) in [5.41, 5.74) is -0.0972. The van der Waals surface area contributed by atoms with Gasteiger partial charge in [-0.2, -0.15) is 13.2 Å². The van der Waals surface area contributed by atoms with Crippen LogP contribution < -0.4 is 10.6 Å². The normalized spacial score (nSPS) is 39.0. The van der Waals surface area contributed by atoms with Crippen molar-refractivity contribution in [1.82, 2.24) is 5.32 Å². The zero-order valence-electron chi connectivity index (χ0n) is 20.0. The van der Waals surface area contributed by atoms with Crippen molar-refractivity contribution < 1.29 is 22.8 Å². The fraction of sp³-hybridized carbons (Fsp3) is 0.630. The van der Waals surface area contributed by atoms with E-state index in [0.29, 0.717) is 23.3 Å². The molecule has 3 aliphatic carbocycles. The first-order chi connectivity index (χ1) is 15.9. The Morgan fingerprint density at radius 1 is 1.09 bits per heavy atom. The molecule has 34 heavy (non-hydrogen) atoms. The van der Waals surface area contributed by atoms with Gasteiger partial charge in [-0.05, 0) is 92.4 Å². The van der Waals surface area contributed by atoms with Crippen LogP contribution >= 0.6 is 0 Å². The summed E-state index contributed by atoms with van der Waals surface area (Å²) >= 11 is 0. The number of benzene rings is 1. The lowest BCUT2D eigenvalue weighted by atomic mass is 9.48. The Balaban J connectivity index is 1.36. The molecule has 0 bridgehead atoms. The first-order valence-corrected chi connectivity index (χ1v) is 12.4. The summed E-state index contributed by atoms with van der Waals surface area (Å²) in [7, 11) is 0. The Morgan fingerprint density at radius 3 is 2.59 bits per heavy atom. The van der Waals surface area contributed by atoms with E-state index in [1.54, 1.807) is 13.0 Å². The second-order valence-corrected chi connectivity index (χ2v) is 11.4. The highest BCUT2D eigenvalue weighted by molar-refractivity contribution is 5.94. The van der Waals surface area contributed by atoms with Gasteiger partial charge in [-0.3, -0.25) is 9.59 Å². The van der Waals surface area contributed by atoms with Crippen LogP contribution in [0.4, 0.5) is 18.9 Å². The minimum Gasteiger partial charge on any atom is -0.349 e. The highest BCUT2D eigenvalue weighted by Gasteiger charge is 2.60. The van der Waals surface area contributed by atoms with Crippen LogP contribution in [0.1, 0.15) is 63.5 Å². The Morgan fingerprint density at radius 2 is 1.85 bits per heavy atom. The molecule has 1 aromatic rings. The van der Waals surface area contributed by atoms with Gasteiger partial charge in [0.2, 0.25) is 11.8 Å². The average molecular weight is 475 g/mol. The van der Waals surface area contributed by atoms with Crippen molar-refractivity contribution in [2.24, 2.45) is 34.5 Å². The molecule has 184 valence electrons. The van der Waals surface area contributed by atoms with Gasteiger partial charge in [-0.25, -0.2) is 0 Å². The smallest absolute Gasteiger partial charge is 0.349 e. The third kappa shape index (κ3) is 3.57. The summed E-state index contributed by atoms with van der Waals surface area (Å²) in [6.45, 7) is 6.20. The molecule has 2 amide bonds. The molecule has 5 rings (SSSR count). The Hall–Kier alpha value is -2.31. The molecule has 1 heterocycles. The standard InChI is InChI=1S/C27H33F3N2O2/c1-15-4-5-16(27(28,29)30)14-21(15)31-24(34)20-8-7-18-17-6-9-22-26(3,13-11-23(33)32-22)19(17)10-12-25(18,20)2/h4-5,11,13-14,17-20,22H,6-10,12H2,1-3H3,(H,31,34)(H,32,33)/t17?,18?,19?,20-,22?,25+,26-/m1/s1. The molecular formula is C27H33F3N2O2. The van der Waals surface area contributed by atoms with Crippen molar-refractivity contribution >= 4 is 17.5 Å². The van der Waals surface area contributed by atoms with Crippen molar-refractivity contribution in [1.29, 1.82) is 0 Å². The van der Waals surface area contributed by atoms with Crippen molar-refractivity contribution in [2.45, 2.75) is 71.5 Å². The maximum Gasteiger partial charge on any atom is 0.416 e. The molecule has 4 unspecified atom stereocenters. The van der Waals surface area contributed by atoms with E-state index in [2.05, 4.69) is 30.6 Å². The van der Waals surface area contributed by atoms with Crippen LogP contribution in [0, 0.1) is 41.4 Å². The highest BCUT2D eigenvalue weighted by atomic mass is 19.4. The number of aryl methyl sites for hydroxylation is 1. The van der Waals surface area contributed by atoms with E-state index in [1.807, 2.05) is 0 Å². The quantitative estimate of drug-likeness (QED) is 0.564. The first kappa shape index (κ1) is 23.4. The highest BCUT2D eigenvalue weighted by Crippen LogP contribution is 2.65. The van der Waals surface area contributed by atoms with Crippen molar-refractivity contribution in [3.8, 4) is 0 Å². The van der Waals surface area contributed by atoms with Gasteiger partial charge in [0.1, 0.15) is 0 Å². The van der Waals surface area contributed by atoms with Crippen LogP contribution in [-0.4, -0.2) is 17.9 Å². The van der Waals surface area contributed by atoms with Crippen molar-refractivity contribution in [3.05, 3.63) is 41.5 Å². The Kier molecular flexibility index (Phi) is 5.41. The Bertz CT molecular complexity index is 1050. The van der Waals surface area contributed by atoms with E-state index in [1.165, 1.54) is 6.07 Å². The van der Waals surface area contributed by atoms with Gasteiger partial charge in [-0.15, -0.1) is 0 Å². The number of fused-ring (bicyclic) bond motifs is 5. The van der Waals surface area contributed by atoms with Gasteiger partial charge >= 0.3 is 6.18 Å². The molecule has 0 radical (unpaired) electrons. The third-order valence-corrected chi connectivity index (χ3v) is 9.83. The van der Waals surface area contributed by atoms with Crippen molar-refractivity contribution in [3.63, 3.8) is 0 Å². The monoisotopic (exact) mass is 474 g/mol. The predicted octanol–water partition coefficient (Wildman–Crippen LogP) is 5.87. The fourth-order valence-electron chi connectivity index (χ4n) is 7.92. The predicted molar refractivity (Wildman–Crippen MR) is 124 cm³/mol. The molecule has 1 aliphatic heterocycles. The summed E-state index contributed by atoms with van der Waals surface area (Å²) < 4.78 is 39.6. The lowest BCUT2D eigenvalue weighted by molar-refractivity contribution is -0.137. The van der Waals surface area contributed by atoms with Crippen LogP contribution in [0.3, 0.4) is 0 Å². The Labute approximate surface area is 198 Å². The minimum atomic E-state index is -4.45. The molecule has 4 aliphatic rings. The van der Waals surface area contributed by atoms with Gasteiger partial charge in [0, 0.05) is 23.1 Å². The van der Waals surface area contributed by atoms with E-state index >= 15 is 0 Å². The molecule has 3 fully saturated rings. The molecule has 0 aromatic heterocycles. The van der Waals surface area contributed by atoms with E-state index in [9.17, 15) is 22.8 Å². The van der Waals surface area contributed by atoms with Gasteiger partial charge < -0.3 is 10.6 Å². The molecule has 4 nitrogen and oxygen atoms in total. The molecule has 0 spiro atoms. The summed E-state index contributed by atoms with van der Waals surface area (Å²) in [4.78, 5) is 25.3. The lowest BCUT2D eigenvalue weighted by Crippen LogP contribution is -2.59. The molecule has 1 aromatic carbocycles. The zero-order chi connectivity index (χ0) is 24.5. The first-order valence-electron chi connectivity index (χ1n) is 12.4. The SMILES string of the molecule is Cc1ccc(C(F)(F)F)cc1NC(=O)[C@H]1CCC2C3CCC4NC(=O)C=C[C@]4(C)C3CC[C@@]21C. The van der Waals surface area contributed by atoms with E-state index in [-0.39, 0.29) is 40.3 Å². The third-order valence-electron chi connectivity index (χ3n) is 9.83. The summed E-state index contributed by atoms with van der Waals surface area (Å²) in [6.07, 6.45) is 4.98. The molecule has 3 saturated carbocycles. The minimum absolute atomic E-state index is 0.0101. The molecule has 7 atom stereocenters. The molecule has 2 N–H and O–H groups in total. The van der Waals surface area contributed by atoms with Gasteiger partial charge in [0.05, 0.1) is 5.56 Å². The van der Waals surface area contributed by atoms with Crippen LogP contribution in [0.25, 0.3) is 0 Å². The summed E-state index contributed by atoms with van der Waals surface area (Å²) in [5, 5.41) is 6.02. The largest absolute Gasteiger partial charge is 0.416 e. The number of amides is 2. The van der Waals surface area contributed by atoms with Crippen LogP contribution in [-0.2, 0) is 15.8 Å². The van der Waals surface area contributed by atoms with Crippen LogP contribution in [0.5, 0.6) is 0 Å². The second-order valence-electron chi connectivity index (χ2n) is 11.4. The van der Waals surface area contributed by atoms with E-state index in [4.69, 9.17) is 0 Å². The van der Waals surface area contributed by atoms with Gasteiger partial charge in [-0.1, -0.05) is 26.0 Å². The summed E-state index contributed by atoms with van der Waals surface area (Å²) in [5.74, 6) is 0.994. The summed E-state index contributed by atoms with van der Waals surface area (Å²) in [6, 6.07) is 3.68. The molecule has 7 heteroatoms. The number of carbonyl (C=O) groups is 2. The van der Waals surface area contributed by atoms with E-state index < -0.39 is 11.7 Å². The average Bonchev–Trinajstić information content (AvgIpc) is 3.12. The number of halogens is 3. The number of anilines is 1. The number of rotatable bonds is 2. The number of hydrogen-bond acceptors (Lipinski definition) is 2. The number of hydrogen-bond donors (Lipinski definition) is 2. The van der Waals surface area contributed by atoms with Crippen LogP contribution in [0.2, 0.25) is 0 Å². The van der Waals surface area contributed by atoms with Gasteiger partial charge in [0.15, 0.2) is 0 Å². The number of alkyl halides is 3. The number of carbonyl (C=O) groups excluding carboxylic acids is 2. The fourth-order valence-corrected chi connectivity index (χ4v) is 7.92. The molecular weight excluding hydrogens is 441 g/mol. The molecule has 0 saturated heterocycles. The zero-order valence-corrected chi connectivity index (χ0v) is 20.0. The van der Waals surface area contributed by atoms with Crippen LogP contribution in [0.15, 0.2) is 30.4 Å². The maximum absolute atomic E-state index is 13.4. The maximum atomic E-state index is 13.4. The topological polar surface area (TPSA) is 58.2 Å².